The largest absolute Gasteiger partial charge is 0.504 e. The van der Waals surface area contributed by atoms with Crippen LogP contribution in [0.4, 0.5) is 5.82 Å². The van der Waals surface area contributed by atoms with Gasteiger partial charge in [0.15, 0.2) is 11.5 Å². The Bertz CT molecular complexity index is 951. The van der Waals surface area contributed by atoms with Gasteiger partial charge < -0.3 is 20.9 Å². The van der Waals surface area contributed by atoms with E-state index in [1.165, 1.54) is 7.11 Å². The molecule has 140 valence electrons. The summed E-state index contributed by atoms with van der Waals surface area (Å²) in [4.78, 5) is 12.6. The van der Waals surface area contributed by atoms with Crippen LogP contribution in [0.5, 0.6) is 11.5 Å². The van der Waals surface area contributed by atoms with Crippen molar-refractivity contribution >= 4 is 11.7 Å². The second kappa shape index (κ2) is 7.82. The topological polar surface area (TPSA) is 102 Å². The van der Waals surface area contributed by atoms with E-state index >= 15 is 0 Å². The summed E-state index contributed by atoms with van der Waals surface area (Å²) in [6.07, 6.45) is 0. The Balaban J connectivity index is 1.72. The molecule has 0 atom stereocenters. The number of benzene rings is 2. The van der Waals surface area contributed by atoms with E-state index in [-0.39, 0.29) is 18.2 Å². The predicted octanol–water partition coefficient (Wildman–Crippen LogP) is 2.47. The number of nitrogen functional groups attached to an aromatic ring is 1. The molecule has 3 aromatic rings. The van der Waals surface area contributed by atoms with Crippen LogP contribution in [0.15, 0.2) is 48.5 Å². The molecule has 0 aliphatic carbocycles. The van der Waals surface area contributed by atoms with Gasteiger partial charge in [0.05, 0.1) is 19.3 Å². The molecule has 0 aliphatic heterocycles. The summed E-state index contributed by atoms with van der Waals surface area (Å²) in [6, 6.07) is 14.8. The van der Waals surface area contributed by atoms with Crippen LogP contribution in [-0.4, -0.2) is 27.9 Å². The van der Waals surface area contributed by atoms with Gasteiger partial charge >= 0.3 is 0 Å². The number of methoxy groups -OCH3 is 1. The van der Waals surface area contributed by atoms with Crippen LogP contribution in [0.3, 0.4) is 0 Å². The molecule has 7 heteroatoms. The van der Waals surface area contributed by atoms with Gasteiger partial charge in [-0.1, -0.05) is 36.4 Å². The van der Waals surface area contributed by atoms with Crippen molar-refractivity contribution in [1.82, 2.24) is 15.1 Å². The fraction of sp³-hybridized carbons (Fsp3) is 0.200. The normalized spacial score (nSPS) is 10.6. The number of aromatic hydroxyl groups is 1. The van der Waals surface area contributed by atoms with Crippen LogP contribution < -0.4 is 15.8 Å². The van der Waals surface area contributed by atoms with E-state index in [4.69, 9.17) is 10.5 Å². The standard InChI is InChI=1S/C20H22N4O3/c1-13-18(19(21)24(23-13)12-14-6-4-3-5-7-14)20(26)22-11-15-8-9-17(27-2)16(25)10-15/h3-10,25H,11-12,21H2,1-2H3,(H,22,26). The van der Waals surface area contributed by atoms with Gasteiger partial charge in [0.25, 0.3) is 5.91 Å². The zero-order valence-electron chi connectivity index (χ0n) is 15.3. The van der Waals surface area contributed by atoms with Gasteiger partial charge in [0.1, 0.15) is 11.4 Å². The van der Waals surface area contributed by atoms with E-state index in [1.54, 1.807) is 29.8 Å². The number of carbonyl (C=O) groups excluding carboxylic acids is 1. The van der Waals surface area contributed by atoms with Crippen molar-refractivity contribution in [1.29, 1.82) is 0 Å². The maximum atomic E-state index is 12.6. The third-order valence-corrected chi connectivity index (χ3v) is 4.27. The maximum absolute atomic E-state index is 12.6. The highest BCUT2D eigenvalue weighted by molar-refractivity contribution is 5.99. The number of hydrogen-bond acceptors (Lipinski definition) is 5. The van der Waals surface area contributed by atoms with Crippen molar-refractivity contribution in [3.63, 3.8) is 0 Å². The van der Waals surface area contributed by atoms with Gasteiger partial charge in [-0.3, -0.25) is 4.79 Å². The minimum Gasteiger partial charge on any atom is -0.504 e. The number of ether oxygens (including phenoxy) is 1. The molecule has 0 unspecified atom stereocenters. The molecule has 0 spiro atoms. The van der Waals surface area contributed by atoms with Gasteiger partial charge in [-0.2, -0.15) is 5.10 Å². The lowest BCUT2D eigenvalue weighted by atomic mass is 10.2. The average molecular weight is 366 g/mol. The lowest BCUT2D eigenvalue weighted by Crippen LogP contribution is -2.24. The van der Waals surface area contributed by atoms with Crippen LogP contribution in [0.1, 0.15) is 27.2 Å². The SMILES string of the molecule is COc1ccc(CNC(=O)c2c(C)nn(Cc3ccccc3)c2N)cc1O. The highest BCUT2D eigenvalue weighted by Gasteiger charge is 2.19. The van der Waals surface area contributed by atoms with Crippen molar-refractivity contribution in [2.24, 2.45) is 0 Å². The van der Waals surface area contributed by atoms with E-state index in [0.29, 0.717) is 29.4 Å². The molecule has 3 rings (SSSR count). The summed E-state index contributed by atoms with van der Waals surface area (Å²) in [5.41, 5.74) is 8.89. The molecule has 0 aliphatic rings. The van der Waals surface area contributed by atoms with E-state index in [9.17, 15) is 9.90 Å². The summed E-state index contributed by atoms with van der Waals surface area (Å²) < 4.78 is 6.64. The highest BCUT2D eigenvalue weighted by atomic mass is 16.5. The Morgan fingerprint density at radius 1 is 1.22 bits per heavy atom. The van der Waals surface area contributed by atoms with E-state index in [1.807, 2.05) is 30.3 Å². The van der Waals surface area contributed by atoms with Gasteiger partial charge in [0.2, 0.25) is 0 Å². The van der Waals surface area contributed by atoms with Crippen LogP contribution >= 0.6 is 0 Å². The Morgan fingerprint density at radius 2 is 1.96 bits per heavy atom. The Kier molecular flexibility index (Phi) is 5.30. The number of amides is 1. The second-order valence-electron chi connectivity index (χ2n) is 6.18. The molecule has 0 fully saturated rings. The summed E-state index contributed by atoms with van der Waals surface area (Å²) in [5, 5.41) is 17.0. The molecule has 0 saturated carbocycles. The summed E-state index contributed by atoms with van der Waals surface area (Å²) in [7, 11) is 1.48. The first-order valence-electron chi connectivity index (χ1n) is 8.50. The van der Waals surface area contributed by atoms with Gasteiger partial charge in [-0.25, -0.2) is 4.68 Å². The maximum Gasteiger partial charge on any atom is 0.257 e. The number of hydrogen-bond donors (Lipinski definition) is 3. The zero-order chi connectivity index (χ0) is 19.4. The van der Waals surface area contributed by atoms with Crippen LogP contribution in [0, 0.1) is 6.92 Å². The van der Waals surface area contributed by atoms with Crippen LogP contribution in [0.2, 0.25) is 0 Å². The number of nitrogens with one attached hydrogen (secondary N) is 1. The number of nitrogens with zero attached hydrogens (tertiary/aromatic N) is 2. The Morgan fingerprint density at radius 3 is 2.63 bits per heavy atom. The molecule has 0 saturated heterocycles. The summed E-state index contributed by atoms with van der Waals surface area (Å²) in [6.45, 7) is 2.50. The lowest BCUT2D eigenvalue weighted by molar-refractivity contribution is 0.0951. The predicted molar refractivity (Wildman–Crippen MR) is 103 cm³/mol. The first kappa shape index (κ1) is 18.3. The third kappa shape index (κ3) is 4.03. The van der Waals surface area contributed by atoms with Crippen LogP contribution in [-0.2, 0) is 13.1 Å². The van der Waals surface area contributed by atoms with Crippen molar-refractivity contribution in [3.8, 4) is 11.5 Å². The summed E-state index contributed by atoms with van der Waals surface area (Å²) >= 11 is 0. The van der Waals surface area contributed by atoms with Gasteiger partial charge in [-0.15, -0.1) is 0 Å². The Labute approximate surface area is 157 Å². The van der Waals surface area contributed by atoms with Gasteiger partial charge in [0, 0.05) is 6.54 Å². The number of aryl methyl sites for hydroxylation is 1. The Hall–Kier alpha value is -3.48. The zero-order valence-corrected chi connectivity index (χ0v) is 15.3. The monoisotopic (exact) mass is 366 g/mol. The molecule has 0 radical (unpaired) electrons. The number of carbonyl (C=O) groups is 1. The van der Waals surface area contributed by atoms with E-state index in [2.05, 4.69) is 10.4 Å². The van der Waals surface area contributed by atoms with Crippen molar-refractivity contribution in [2.45, 2.75) is 20.0 Å². The lowest BCUT2D eigenvalue weighted by Gasteiger charge is -2.09. The number of phenols is 1. The first-order valence-corrected chi connectivity index (χ1v) is 8.50. The molecular formula is C20H22N4O3. The molecule has 27 heavy (non-hydrogen) atoms. The van der Waals surface area contributed by atoms with E-state index < -0.39 is 0 Å². The van der Waals surface area contributed by atoms with Gasteiger partial charge in [-0.05, 0) is 30.2 Å². The molecule has 0 bridgehead atoms. The number of aromatic nitrogens is 2. The highest BCUT2D eigenvalue weighted by Crippen LogP contribution is 2.26. The quantitative estimate of drug-likeness (QED) is 0.622. The number of anilines is 1. The first-order chi connectivity index (χ1) is 13.0. The molecule has 7 nitrogen and oxygen atoms in total. The number of phenolic OH excluding ortho intramolecular Hbond substituents is 1. The van der Waals surface area contributed by atoms with Crippen molar-refractivity contribution < 1.29 is 14.6 Å². The molecule has 1 heterocycles. The minimum atomic E-state index is -0.306. The third-order valence-electron chi connectivity index (χ3n) is 4.27. The number of nitrogens with two attached hydrogens (primary N) is 1. The summed E-state index contributed by atoms with van der Waals surface area (Å²) in [5.74, 6) is 0.425. The number of rotatable bonds is 6. The van der Waals surface area contributed by atoms with Crippen molar-refractivity contribution in [2.75, 3.05) is 12.8 Å². The minimum absolute atomic E-state index is 0.0237. The molecule has 4 N–H and O–H groups in total. The fourth-order valence-corrected chi connectivity index (χ4v) is 2.87. The second-order valence-corrected chi connectivity index (χ2v) is 6.18. The molecular weight excluding hydrogens is 344 g/mol. The smallest absolute Gasteiger partial charge is 0.257 e. The molecule has 1 amide bonds. The van der Waals surface area contributed by atoms with Crippen molar-refractivity contribution in [3.05, 3.63) is 70.9 Å². The molecule has 1 aromatic heterocycles. The molecule has 2 aromatic carbocycles. The van der Waals surface area contributed by atoms with E-state index in [0.717, 1.165) is 11.1 Å². The fourth-order valence-electron chi connectivity index (χ4n) is 2.87. The average Bonchev–Trinajstić information content (AvgIpc) is 2.94. The van der Waals surface area contributed by atoms with Crippen LogP contribution in [0.25, 0.3) is 0 Å².